The van der Waals surface area contributed by atoms with Crippen LogP contribution in [-0.2, 0) is 4.79 Å². The largest absolute Gasteiger partial charge is 0.573 e. The van der Waals surface area contributed by atoms with Gasteiger partial charge in [-0.25, -0.2) is 0 Å². The van der Waals surface area contributed by atoms with E-state index in [1.54, 1.807) is 24.3 Å². The fourth-order valence-electron chi connectivity index (χ4n) is 2.10. The van der Waals surface area contributed by atoms with E-state index in [0.29, 0.717) is 23.5 Å². The highest BCUT2D eigenvalue weighted by Gasteiger charge is 2.32. The highest BCUT2D eigenvalue weighted by atomic mass is 32.2. The van der Waals surface area contributed by atoms with Crippen LogP contribution < -0.4 is 18.5 Å². The van der Waals surface area contributed by atoms with Gasteiger partial charge in [-0.2, -0.15) is 0 Å². The topological polar surface area (TPSA) is 48.0 Å². The number of para-hydroxylation sites is 1. The average molecular weight is 387 g/mol. The Kier molecular flexibility index (Phi) is 6.62. The molecule has 140 valence electrons. The predicted octanol–water partition coefficient (Wildman–Crippen LogP) is 4.32. The number of carbonyl (C=O) groups is 1. The molecular formula is C17H16F3NO4S. The van der Waals surface area contributed by atoms with E-state index in [1.165, 1.54) is 36.7 Å². The zero-order chi connectivity index (χ0) is 19.2. The number of hydrogen-bond acceptors (Lipinski definition) is 6. The SMILES string of the molecule is COc1ccc(OC)c(N(CC=O)Sc2ccccc2OC(F)(F)F)c1. The monoisotopic (exact) mass is 387 g/mol. The molecule has 0 aliphatic heterocycles. The van der Waals surface area contributed by atoms with Crippen LogP contribution in [0.4, 0.5) is 18.9 Å². The summed E-state index contributed by atoms with van der Waals surface area (Å²) in [5, 5.41) is 0. The Morgan fingerprint density at radius 3 is 2.42 bits per heavy atom. The van der Waals surface area contributed by atoms with Crippen LogP contribution in [-0.4, -0.2) is 33.4 Å². The van der Waals surface area contributed by atoms with Gasteiger partial charge in [-0.05, 0) is 36.2 Å². The van der Waals surface area contributed by atoms with Crippen molar-refractivity contribution in [2.75, 3.05) is 25.1 Å². The summed E-state index contributed by atoms with van der Waals surface area (Å²) < 4.78 is 53.8. The van der Waals surface area contributed by atoms with E-state index in [-0.39, 0.29) is 17.2 Å². The highest BCUT2D eigenvalue weighted by Crippen LogP contribution is 2.41. The number of benzene rings is 2. The summed E-state index contributed by atoms with van der Waals surface area (Å²) in [7, 11) is 2.94. The van der Waals surface area contributed by atoms with Gasteiger partial charge >= 0.3 is 6.36 Å². The first-order valence-electron chi connectivity index (χ1n) is 7.34. The molecule has 9 heteroatoms. The number of methoxy groups -OCH3 is 2. The van der Waals surface area contributed by atoms with E-state index < -0.39 is 6.36 Å². The van der Waals surface area contributed by atoms with Crippen molar-refractivity contribution in [3.63, 3.8) is 0 Å². The number of rotatable bonds is 8. The summed E-state index contributed by atoms with van der Waals surface area (Å²) in [4.78, 5) is 11.3. The molecule has 0 aliphatic carbocycles. The number of aldehydes is 1. The molecule has 0 spiro atoms. The molecule has 26 heavy (non-hydrogen) atoms. The van der Waals surface area contributed by atoms with Crippen LogP contribution in [0.25, 0.3) is 0 Å². The number of ether oxygens (including phenoxy) is 3. The number of anilines is 1. The zero-order valence-corrected chi connectivity index (χ0v) is 14.8. The van der Waals surface area contributed by atoms with Crippen LogP contribution in [0.2, 0.25) is 0 Å². The van der Waals surface area contributed by atoms with E-state index in [2.05, 4.69) is 4.74 Å². The summed E-state index contributed by atoms with van der Waals surface area (Å²) in [6, 6.07) is 10.6. The van der Waals surface area contributed by atoms with E-state index >= 15 is 0 Å². The quantitative estimate of drug-likeness (QED) is 0.497. The Bertz CT molecular complexity index is 755. The Hall–Kier alpha value is -2.55. The van der Waals surface area contributed by atoms with Gasteiger partial charge in [0, 0.05) is 6.07 Å². The van der Waals surface area contributed by atoms with Crippen molar-refractivity contribution in [3.8, 4) is 17.2 Å². The summed E-state index contributed by atoms with van der Waals surface area (Å²) in [6.45, 7) is -0.0887. The van der Waals surface area contributed by atoms with Crippen LogP contribution in [0.5, 0.6) is 17.2 Å². The summed E-state index contributed by atoms with van der Waals surface area (Å²) in [6.07, 6.45) is -4.18. The van der Waals surface area contributed by atoms with Gasteiger partial charge in [-0.1, -0.05) is 12.1 Å². The summed E-state index contributed by atoms with van der Waals surface area (Å²) in [5.41, 5.74) is 0.478. The maximum absolute atomic E-state index is 12.6. The fraction of sp³-hybridized carbons (Fsp3) is 0.235. The van der Waals surface area contributed by atoms with Crippen LogP contribution in [0.3, 0.4) is 0 Å². The van der Waals surface area contributed by atoms with Crippen LogP contribution in [0.15, 0.2) is 47.4 Å². The van der Waals surface area contributed by atoms with Crippen LogP contribution in [0, 0.1) is 0 Å². The second-order valence-corrected chi connectivity index (χ2v) is 5.91. The lowest BCUT2D eigenvalue weighted by molar-refractivity contribution is -0.275. The standard InChI is InChI=1S/C17H16F3NO4S/c1-23-12-7-8-14(24-2)13(11-12)21(9-10-22)26-16-6-4-3-5-15(16)25-17(18,19)20/h3-8,10-11H,9H2,1-2H3. The Balaban J connectivity index is 2.40. The minimum Gasteiger partial charge on any atom is -0.497 e. The van der Waals surface area contributed by atoms with Gasteiger partial charge in [0.15, 0.2) is 0 Å². The molecule has 2 aromatic rings. The molecule has 0 unspecified atom stereocenters. The zero-order valence-electron chi connectivity index (χ0n) is 13.9. The maximum Gasteiger partial charge on any atom is 0.573 e. The van der Waals surface area contributed by atoms with Crippen molar-refractivity contribution in [1.82, 2.24) is 0 Å². The molecule has 0 saturated heterocycles. The predicted molar refractivity (Wildman–Crippen MR) is 91.9 cm³/mol. The van der Waals surface area contributed by atoms with Crippen molar-refractivity contribution in [2.24, 2.45) is 0 Å². The number of alkyl halides is 3. The van der Waals surface area contributed by atoms with Gasteiger partial charge in [-0.15, -0.1) is 13.2 Å². The average Bonchev–Trinajstić information content (AvgIpc) is 2.61. The Morgan fingerprint density at radius 1 is 1.08 bits per heavy atom. The molecule has 5 nitrogen and oxygen atoms in total. The lowest BCUT2D eigenvalue weighted by atomic mass is 10.2. The highest BCUT2D eigenvalue weighted by molar-refractivity contribution is 8.00. The third-order valence-electron chi connectivity index (χ3n) is 3.18. The molecule has 0 atom stereocenters. The van der Waals surface area contributed by atoms with Gasteiger partial charge in [0.25, 0.3) is 0 Å². The minimum atomic E-state index is -4.82. The van der Waals surface area contributed by atoms with Crippen LogP contribution >= 0.6 is 11.9 Å². The van der Waals surface area contributed by atoms with E-state index in [4.69, 9.17) is 9.47 Å². The van der Waals surface area contributed by atoms with Crippen molar-refractivity contribution >= 4 is 23.9 Å². The smallest absolute Gasteiger partial charge is 0.497 e. The Morgan fingerprint density at radius 2 is 1.81 bits per heavy atom. The molecule has 0 fully saturated rings. The third-order valence-corrected chi connectivity index (χ3v) is 4.28. The van der Waals surface area contributed by atoms with Gasteiger partial charge in [0.2, 0.25) is 0 Å². The van der Waals surface area contributed by atoms with Crippen LogP contribution in [0.1, 0.15) is 0 Å². The molecular weight excluding hydrogens is 371 g/mol. The fourth-order valence-corrected chi connectivity index (χ4v) is 3.05. The molecule has 0 aromatic heterocycles. The van der Waals surface area contributed by atoms with Gasteiger partial charge in [-0.3, -0.25) is 0 Å². The van der Waals surface area contributed by atoms with E-state index in [1.807, 2.05) is 0 Å². The maximum atomic E-state index is 12.6. The second-order valence-electron chi connectivity index (χ2n) is 4.85. The molecule has 0 heterocycles. The van der Waals surface area contributed by atoms with Gasteiger partial charge in [0.05, 0.1) is 31.3 Å². The van der Waals surface area contributed by atoms with Crippen molar-refractivity contribution in [1.29, 1.82) is 0 Å². The lowest BCUT2D eigenvalue weighted by Gasteiger charge is -2.24. The first kappa shape index (κ1) is 19.8. The first-order valence-corrected chi connectivity index (χ1v) is 8.11. The number of hydrogen-bond donors (Lipinski definition) is 0. The molecule has 0 radical (unpaired) electrons. The lowest BCUT2D eigenvalue weighted by Crippen LogP contribution is -2.20. The Labute approximate surface area is 152 Å². The van der Waals surface area contributed by atoms with Crippen molar-refractivity contribution in [3.05, 3.63) is 42.5 Å². The number of carbonyl (C=O) groups excluding carboxylic acids is 1. The molecule has 2 aromatic carbocycles. The summed E-state index contributed by atoms with van der Waals surface area (Å²) >= 11 is 0.924. The molecule has 0 amide bonds. The number of nitrogens with zero attached hydrogens (tertiary/aromatic N) is 1. The summed E-state index contributed by atoms with van der Waals surface area (Å²) in [5.74, 6) is 0.592. The van der Waals surface area contributed by atoms with Gasteiger partial charge in [0.1, 0.15) is 23.5 Å². The van der Waals surface area contributed by atoms with E-state index in [9.17, 15) is 18.0 Å². The van der Waals surface area contributed by atoms with Gasteiger partial charge < -0.3 is 23.3 Å². The minimum absolute atomic E-state index is 0.0887. The first-order chi connectivity index (χ1) is 12.4. The normalized spacial score (nSPS) is 11.0. The van der Waals surface area contributed by atoms with E-state index in [0.717, 1.165) is 11.9 Å². The molecule has 0 bridgehead atoms. The van der Waals surface area contributed by atoms with Crippen molar-refractivity contribution < 1.29 is 32.2 Å². The molecule has 0 saturated carbocycles. The third kappa shape index (κ3) is 5.22. The molecule has 0 N–H and O–H groups in total. The second kappa shape index (κ2) is 8.70. The van der Waals surface area contributed by atoms with Crippen molar-refractivity contribution in [2.45, 2.75) is 11.3 Å². The molecule has 0 aliphatic rings. The number of halogens is 3. The molecule has 2 rings (SSSR count).